The summed E-state index contributed by atoms with van der Waals surface area (Å²) in [6, 6.07) is 0. The van der Waals surface area contributed by atoms with Crippen LogP contribution in [0.1, 0.15) is 39.5 Å². The Balaban J connectivity index is 2.34. The molecule has 0 radical (unpaired) electrons. The van der Waals surface area contributed by atoms with Crippen molar-refractivity contribution >= 4 is 5.78 Å². The van der Waals surface area contributed by atoms with Gasteiger partial charge >= 0.3 is 0 Å². The van der Waals surface area contributed by atoms with Gasteiger partial charge in [0.1, 0.15) is 5.78 Å². The molecule has 0 amide bonds. The maximum atomic E-state index is 11.2. The normalized spacial score (nSPS) is 29.3. The van der Waals surface area contributed by atoms with Gasteiger partial charge in [-0.3, -0.25) is 4.79 Å². The molecule has 1 rings (SSSR count). The first-order valence-corrected chi connectivity index (χ1v) is 4.78. The number of hydrogen-bond acceptors (Lipinski definition) is 1. The first-order valence-electron chi connectivity index (χ1n) is 4.78. The molecule has 0 bridgehead atoms. The molecule has 0 heterocycles. The summed E-state index contributed by atoms with van der Waals surface area (Å²) in [6.45, 7) is 8.00. The van der Waals surface area contributed by atoms with Crippen molar-refractivity contribution in [3.63, 3.8) is 0 Å². The van der Waals surface area contributed by atoms with Gasteiger partial charge in [-0.2, -0.15) is 0 Å². The molecule has 12 heavy (non-hydrogen) atoms. The van der Waals surface area contributed by atoms with E-state index in [-0.39, 0.29) is 0 Å². The van der Waals surface area contributed by atoms with Crippen molar-refractivity contribution in [2.24, 2.45) is 11.8 Å². The monoisotopic (exact) mass is 166 g/mol. The smallest absolute Gasteiger partial charge is 0.135 e. The summed E-state index contributed by atoms with van der Waals surface area (Å²) >= 11 is 0. The number of carbonyl (C=O) groups excluding carboxylic acids is 1. The van der Waals surface area contributed by atoms with Crippen LogP contribution in [0.3, 0.4) is 0 Å². The second kappa shape index (κ2) is 3.88. The minimum Gasteiger partial charge on any atom is -0.299 e. The zero-order chi connectivity index (χ0) is 9.14. The summed E-state index contributed by atoms with van der Waals surface area (Å²) in [4.78, 5) is 11.2. The van der Waals surface area contributed by atoms with Gasteiger partial charge in [0.2, 0.25) is 0 Å². The molecule has 0 aliphatic heterocycles. The van der Waals surface area contributed by atoms with E-state index in [9.17, 15) is 4.79 Å². The van der Waals surface area contributed by atoms with Gasteiger partial charge < -0.3 is 0 Å². The molecule has 1 saturated carbocycles. The summed E-state index contributed by atoms with van der Waals surface area (Å²) in [5, 5.41) is 0. The predicted molar refractivity (Wildman–Crippen MR) is 50.9 cm³/mol. The van der Waals surface area contributed by atoms with E-state index in [0.29, 0.717) is 17.6 Å². The Morgan fingerprint density at radius 1 is 1.67 bits per heavy atom. The van der Waals surface area contributed by atoms with Crippen LogP contribution in [-0.2, 0) is 4.79 Å². The molecule has 68 valence electrons. The highest BCUT2D eigenvalue weighted by atomic mass is 16.1. The van der Waals surface area contributed by atoms with Crippen molar-refractivity contribution in [2.45, 2.75) is 39.5 Å². The second-order valence-electron chi connectivity index (χ2n) is 4.05. The predicted octanol–water partition coefficient (Wildman–Crippen LogP) is 2.96. The molecule has 0 aromatic rings. The Hall–Kier alpha value is -0.590. The Kier molecular flexibility index (Phi) is 3.07. The maximum absolute atomic E-state index is 11.2. The summed E-state index contributed by atoms with van der Waals surface area (Å²) in [6.07, 6.45) is 4.15. The fourth-order valence-corrected chi connectivity index (χ4v) is 1.89. The highest BCUT2D eigenvalue weighted by Gasteiger charge is 2.29. The minimum absolute atomic E-state index is 0.310. The third kappa shape index (κ3) is 2.20. The van der Waals surface area contributed by atoms with Crippen LogP contribution in [0.25, 0.3) is 0 Å². The largest absolute Gasteiger partial charge is 0.299 e. The molecule has 1 aliphatic carbocycles. The van der Waals surface area contributed by atoms with E-state index < -0.39 is 0 Å². The zero-order valence-electron chi connectivity index (χ0n) is 8.10. The van der Waals surface area contributed by atoms with Gasteiger partial charge in [0, 0.05) is 12.3 Å². The topological polar surface area (TPSA) is 17.1 Å². The Morgan fingerprint density at radius 2 is 2.33 bits per heavy atom. The van der Waals surface area contributed by atoms with Crippen molar-refractivity contribution in [1.82, 2.24) is 0 Å². The summed E-state index contributed by atoms with van der Waals surface area (Å²) < 4.78 is 0. The van der Waals surface area contributed by atoms with Gasteiger partial charge in [-0.15, -0.1) is 6.58 Å². The van der Waals surface area contributed by atoms with Crippen LogP contribution in [0.5, 0.6) is 0 Å². The fourth-order valence-electron chi connectivity index (χ4n) is 1.89. The Labute approximate surface area is 74.9 Å². The third-order valence-corrected chi connectivity index (χ3v) is 2.92. The van der Waals surface area contributed by atoms with Crippen LogP contribution in [0.15, 0.2) is 12.2 Å². The first-order chi connectivity index (χ1) is 5.61. The van der Waals surface area contributed by atoms with E-state index in [0.717, 1.165) is 25.7 Å². The first kappa shape index (κ1) is 9.50. The molecular formula is C11H18O. The quantitative estimate of drug-likeness (QED) is 0.589. The lowest BCUT2D eigenvalue weighted by Gasteiger charge is -2.13. The molecule has 1 nitrogen and oxygen atoms in total. The maximum Gasteiger partial charge on any atom is 0.135 e. The number of allylic oxidation sites excluding steroid dienone is 1. The standard InChI is InChI=1S/C11H18O/c1-8(2)4-5-10-6-7-11(12)9(10)3/h9-10H,1,4-7H2,2-3H3. The van der Waals surface area contributed by atoms with Crippen LogP contribution >= 0.6 is 0 Å². The van der Waals surface area contributed by atoms with Crippen molar-refractivity contribution in [2.75, 3.05) is 0 Å². The number of hydrogen-bond donors (Lipinski definition) is 0. The summed E-state index contributed by atoms with van der Waals surface area (Å²) in [5.74, 6) is 1.40. The van der Waals surface area contributed by atoms with E-state index in [4.69, 9.17) is 0 Å². The van der Waals surface area contributed by atoms with Crippen molar-refractivity contribution in [3.8, 4) is 0 Å². The molecule has 0 spiro atoms. The Bertz CT molecular complexity index is 193. The molecule has 1 fully saturated rings. The van der Waals surface area contributed by atoms with Gasteiger partial charge in [-0.1, -0.05) is 12.5 Å². The van der Waals surface area contributed by atoms with E-state index in [1.54, 1.807) is 0 Å². The highest BCUT2D eigenvalue weighted by Crippen LogP contribution is 2.32. The molecule has 0 N–H and O–H groups in total. The van der Waals surface area contributed by atoms with Gasteiger partial charge in [-0.25, -0.2) is 0 Å². The van der Waals surface area contributed by atoms with E-state index in [1.807, 2.05) is 0 Å². The van der Waals surface area contributed by atoms with Crippen LogP contribution in [0, 0.1) is 11.8 Å². The fraction of sp³-hybridized carbons (Fsp3) is 0.727. The molecule has 2 atom stereocenters. The molecule has 1 heteroatoms. The van der Waals surface area contributed by atoms with Crippen molar-refractivity contribution < 1.29 is 4.79 Å². The van der Waals surface area contributed by atoms with Gasteiger partial charge in [0.15, 0.2) is 0 Å². The van der Waals surface area contributed by atoms with Crippen molar-refractivity contribution in [3.05, 3.63) is 12.2 Å². The van der Waals surface area contributed by atoms with Crippen LogP contribution < -0.4 is 0 Å². The third-order valence-electron chi connectivity index (χ3n) is 2.92. The number of ketones is 1. The van der Waals surface area contributed by atoms with E-state index in [2.05, 4.69) is 20.4 Å². The highest BCUT2D eigenvalue weighted by molar-refractivity contribution is 5.82. The van der Waals surface area contributed by atoms with Gasteiger partial charge in [-0.05, 0) is 32.1 Å². The second-order valence-corrected chi connectivity index (χ2v) is 4.05. The van der Waals surface area contributed by atoms with Crippen LogP contribution in [0.4, 0.5) is 0 Å². The van der Waals surface area contributed by atoms with Crippen molar-refractivity contribution in [1.29, 1.82) is 0 Å². The van der Waals surface area contributed by atoms with E-state index >= 15 is 0 Å². The lowest BCUT2D eigenvalue weighted by molar-refractivity contribution is -0.120. The number of carbonyl (C=O) groups is 1. The molecule has 0 aromatic carbocycles. The average molecular weight is 166 g/mol. The molecular weight excluding hydrogens is 148 g/mol. The number of rotatable bonds is 3. The molecule has 2 unspecified atom stereocenters. The Morgan fingerprint density at radius 3 is 2.75 bits per heavy atom. The van der Waals surface area contributed by atoms with Crippen LogP contribution in [-0.4, -0.2) is 5.78 Å². The van der Waals surface area contributed by atoms with Gasteiger partial charge in [0.25, 0.3) is 0 Å². The molecule has 1 aliphatic rings. The summed E-state index contributed by atoms with van der Waals surface area (Å²) in [5.41, 5.74) is 1.24. The zero-order valence-corrected chi connectivity index (χ0v) is 8.10. The average Bonchev–Trinajstić information content (AvgIpc) is 2.30. The molecule has 0 aromatic heterocycles. The lowest BCUT2D eigenvalue weighted by Crippen LogP contribution is -2.10. The molecule has 0 saturated heterocycles. The van der Waals surface area contributed by atoms with Crippen LogP contribution in [0.2, 0.25) is 0 Å². The van der Waals surface area contributed by atoms with Gasteiger partial charge in [0.05, 0.1) is 0 Å². The SMILES string of the molecule is C=C(C)CCC1CCC(=O)C1C. The summed E-state index contributed by atoms with van der Waals surface area (Å²) in [7, 11) is 0. The number of Topliss-reactive ketones (excluding diaryl/α,β-unsaturated/α-hetero) is 1. The minimum atomic E-state index is 0.310. The van der Waals surface area contributed by atoms with E-state index in [1.165, 1.54) is 5.57 Å². The lowest BCUT2D eigenvalue weighted by atomic mass is 9.91.